The van der Waals surface area contributed by atoms with Crippen molar-refractivity contribution in [3.8, 4) is 0 Å². The van der Waals surface area contributed by atoms with Crippen molar-refractivity contribution < 1.29 is 18.7 Å². The van der Waals surface area contributed by atoms with Gasteiger partial charge in [-0.15, -0.1) is 0 Å². The fourth-order valence-electron chi connectivity index (χ4n) is 1.99. The minimum absolute atomic E-state index is 0.177. The molecule has 1 aromatic rings. The Hall–Kier alpha value is -1.27. The first-order chi connectivity index (χ1) is 9.26. The second-order valence-corrected chi connectivity index (χ2v) is 6.14. The number of benzene rings is 1. The summed E-state index contributed by atoms with van der Waals surface area (Å²) in [7, 11) is 1.59. The van der Waals surface area contributed by atoms with Gasteiger partial charge in [0.2, 0.25) is 0 Å². The van der Waals surface area contributed by atoms with Crippen molar-refractivity contribution in [2.24, 2.45) is 0 Å². The Balaban J connectivity index is 2.31. The van der Waals surface area contributed by atoms with Gasteiger partial charge in [0.25, 0.3) is 11.7 Å². The molecule has 1 aromatic carbocycles. The number of nitrogens with zero attached hydrogens (tertiary/aromatic N) is 1. The molecule has 0 radical (unpaired) electrons. The zero-order chi connectivity index (χ0) is 15.1. The summed E-state index contributed by atoms with van der Waals surface area (Å²) >= 11 is 3.02. The molecule has 1 heterocycles. The smallest absolute Gasteiger partial charge is 0.299 e. The van der Waals surface area contributed by atoms with Crippen LogP contribution >= 0.6 is 15.9 Å². The predicted octanol–water partition coefficient (Wildman–Crippen LogP) is 2.93. The lowest BCUT2D eigenvalue weighted by Gasteiger charge is -2.26. The van der Waals surface area contributed by atoms with E-state index in [0.717, 1.165) is 0 Å². The van der Waals surface area contributed by atoms with Gasteiger partial charge >= 0.3 is 0 Å². The highest BCUT2D eigenvalue weighted by Crippen LogP contribution is 2.33. The summed E-state index contributed by atoms with van der Waals surface area (Å²) in [4.78, 5) is 25.2. The highest BCUT2D eigenvalue weighted by Gasteiger charge is 2.37. The molecule has 0 aromatic heterocycles. The van der Waals surface area contributed by atoms with Gasteiger partial charge in [0.05, 0.1) is 21.3 Å². The highest BCUT2D eigenvalue weighted by atomic mass is 79.9. The second-order valence-electron chi connectivity index (χ2n) is 5.28. The molecule has 2 rings (SSSR count). The molecule has 0 saturated heterocycles. The van der Waals surface area contributed by atoms with E-state index in [4.69, 9.17) is 4.74 Å². The number of anilines is 1. The van der Waals surface area contributed by atoms with Gasteiger partial charge in [-0.1, -0.05) is 0 Å². The molecule has 0 bridgehead atoms. The Morgan fingerprint density at radius 1 is 1.35 bits per heavy atom. The minimum Gasteiger partial charge on any atom is -0.379 e. The lowest BCUT2D eigenvalue weighted by molar-refractivity contribution is -0.114. The topological polar surface area (TPSA) is 46.6 Å². The van der Waals surface area contributed by atoms with Crippen LogP contribution in [0.15, 0.2) is 16.6 Å². The molecule has 108 valence electrons. The molecule has 4 nitrogen and oxygen atoms in total. The minimum atomic E-state index is -0.621. The lowest BCUT2D eigenvalue weighted by atomic mass is 10.1. The lowest BCUT2D eigenvalue weighted by Crippen LogP contribution is -2.35. The first-order valence-corrected chi connectivity index (χ1v) is 6.96. The van der Waals surface area contributed by atoms with Crippen molar-refractivity contribution in [2.75, 3.05) is 18.6 Å². The number of ketones is 1. The molecule has 0 saturated carbocycles. The third kappa shape index (κ3) is 2.62. The number of hydrogen-bond acceptors (Lipinski definition) is 3. The molecule has 1 aliphatic rings. The molecule has 6 heteroatoms. The number of rotatable bonds is 4. The Morgan fingerprint density at radius 3 is 2.60 bits per heavy atom. The molecule has 1 aliphatic heterocycles. The monoisotopic (exact) mass is 343 g/mol. The summed E-state index contributed by atoms with van der Waals surface area (Å²) in [6.07, 6.45) is 0.541. The van der Waals surface area contributed by atoms with E-state index in [1.807, 2.05) is 13.8 Å². The van der Waals surface area contributed by atoms with Gasteiger partial charge in [0.15, 0.2) is 0 Å². The van der Waals surface area contributed by atoms with Gasteiger partial charge in [-0.2, -0.15) is 0 Å². The summed E-state index contributed by atoms with van der Waals surface area (Å²) in [5.41, 5.74) is 0.145. The average molecular weight is 344 g/mol. The van der Waals surface area contributed by atoms with Crippen LogP contribution in [0.5, 0.6) is 0 Å². The van der Waals surface area contributed by atoms with E-state index in [9.17, 15) is 14.0 Å². The van der Waals surface area contributed by atoms with Gasteiger partial charge < -0.3 is 9.64 Å². The molecular weight excluding hydrogens is 329 g/mol. The Bertz CT molecular complexity index is 586. The van der Waals surface area contributed by atoms with E-state index in [1.165, 1.54) is 17.0 Å². The van der Waals surface area contributed by atoms with Gasteiger partial charge in [-0.25, -0.2) is 4.39 Å². The SMILES string of the molecule is COC(C)(C)CCN1C(=O)C(=O)c2cc(Br)c(F)cc21. The molecule has 0 N–H and O–H groups in total. The molecular formula is C14H15BrFNO3. The third-order valence-electron chi connectivity index (χ3n) is 3.50. The summed E-state index contributed by atoms with van der Waals surface area (Å²) in [5.74, 6) is -1.72. The van der Waals surface area contributed by atoms with E-state index >= 15 is 0 Å². The number of methoxy groups -OCH3 is 1. The quantitative estimate of drug-likeness (QED) is 0.789. The maximum atomic E-state index is 13.6. The summed E-state index contributed by atoms with van der Waals surface area (Å²) in [6.45, 7) is 4.08. The van der Waals surface area contributed by atoms with Crippen LogP contribution in [0.4, 0.5) is 10.1 Å². The fraction of sp³-hybridized carbons (Fsp3) is 0.429. The highest BCUT2D eigenvalue weighted by molar-refractivity contribution is 9.10. The van der Waals surface area contributed by atoms with Crippen LogP contribution in [0.3, 0.4) is 0 Å². The van der Waals surface area contributed by atoms with E-state index in [1.54, 1.807) is 7.11 Å². The van der Waals surface area contributed by atoms with Crippen molar-refractivity contribution in [2.45, 2.75) is 25.9 Å². The number of ether oxygens (including phenoxy) is 1. The van der Waals surface area contributed by atoms with E-state index in [0.29, 0.717) is 18.7 Å². The molecule has 0 spiro atoms. The number of carbonyl (C=O) groups excluding carboxylic acids is 2. The number of amides is 1. The van der Waals surface area contributed by atoms with Gasteiger partial charge in [-0.3, -0.25) is 9.59 Å². The van der Waals surface area contributed by atoms with Crippen molar-refractivity contribution in [3.05, 3.63) is 28.0 Å². The molecule has 1 amide bonds. The predicted molar refractivity (Wildman–Crippen MR) is 76.5 cm³/mol. The average Bonchev–Trinajstić information content (AvgIpc) is 2.61. The Labute approximate surface area is 125 Å². The largest absolute Gasteiger partial charge is 0.379 e. The molecule has 0 unspecified atom stereocenters. The van der Waals surface area contributed by atoms with Crippen LogP contribution in [0, 0.1) is 5.82 Å². The van der Waals surface area contributed by atoms with E-state index in [-0.39, 0.29) is 10.0 Å². The maximum absolute atomic E-state index is 13.6. The fourth-order valence-corrected chi connectivity index (χ4v) is 2.34. The molecule has 0 aliphatic carbocycles. The third-order valence-corrected chi connectivity index (χ3v) is 4.11. The molecule has 0 atom stereocenters. The van der Waals surface area contributed by atoms with Crippen LogP contribution in [0.2, 0.25) is 0 Å². The second kappa shape index (κ2) is 5.26. The zero-order valence-corrected chi connectivity index (χ0v) is 13.1. The molecule has 20 heavy (non-hydrogen) atoms. The standard InChI is InChI=1S/C14H15BrFNO3/c1-14(2,20-3)4-5-17-11-7-10(16)9(15)6-8(11)12(18)13(17)19/h6-7H,4-5H2,1-3H3. The number of hydrogen-bond donors (Lipinski definition) is 0. The van der Waals surface area contributed by atoms with Crippen LogP contribution in [-0.2, 0) is 9.53 Å². The van der Waals surface area contributed by atoms with Crippen LogP contribution in [0.1, 0.15) is 30.6 Å². The van der Waals surface area contributed by atoms with Crippen LogP contribution in [0.25, 0.3) is 0 Å². The van der Waals surface area contributed by atoms with E-state index in [2.05, 4.69) is 15.9 Å². The number of halogens is 2. The van der Waals surface area contributed by atoms with Gasteiger partial charge in [0.1, 0.15) is 5.82 Å². The first kappa shape index (κ1) is 15.1. The van der Waals surface area contributed by atoms with Crippen LogP contribution in [-0.4, -0.2) is 30.9 Å². The Kier molecular flexibility index (Phi) is 3.97. The summed E-state index contributed by atoms with van der Waals surface area (Å²) in [6, 6.07) is 2.56. The number of fused-ring (bicyclic) bond motifs is 1. The van der Waals surface area contributed by atoms with Crippen molar-refractivity contribution >= 4 is 33.3 Å². The first-order valence-electron chi connectivity index (χ1n) is 6.17. The maximum Gasteiger partial charge on any atom is 0.299 e. The van der Waals surface area contributed by atoms with Crippen molar-refractivity contribution in [3.63, 3.8) is 0 Å². The van der Waals surface area contributed by atoms with Crippen molar-refractivity contribution in [1.29, 1.82) is 0 Å². The zero-order valence-electron chi connectivity index (χ0n) is 11.5. The molecule has 0 fully saturated rings. The van der Waals surface area contributed by atoms with Gasteiger partial charge in [-0.05, 0) is 48.3 Å². The normalized spacial score (nSPS) is 14.9. The van der Waals surface area contributed by atoms with Crippen molar-refractivity contribution in [1.82, 2.24) is 0 Å². The van der Waals surface area contributed by atoms with Gasteiger partial charge in [0, 0.05) is 13.7 Å². The van der Waals surface area contributed by atoms with Crippen LogP contribution < -0.4 is 4.90 Å². The summed E-state index contributed by atoms with van der Waals surface area (Å²) in [5, 5.41) is 0. The Morgan fingerprint density at radius 2 is 2.00 bits per heavy atom. The number of Topliss-reactive ketones (excluding diaryl/α,β-unsaturated/α-hetero) is 1. The van der Waals surface area contributed by atoms with E-state index < -0.39 is 23.1 Å². The summed E-state index contributed by atoms with van der Waals surface area (Å²) < 4.78 is 19.1. The number of carbonyl (C=O) groups is 2.